The minimum Gasteiger partial charge on any atom is -0.361 e. The van der Waals surface area contributed by atoms with E-state index in [0.717, 1.165) is 11.4 Å². The maximum Gasteiger partial charge on any atom is 0.421 e. The second kappa shape index (κ2) is 11.4. The van der Waals surface area contributed by atoms with Crippen LogP contribution in [0.15, 0.2) is 194 Å². The summed E-state index contributed by atoms with van der Waals surface area (Å²) in [5.74, 6) is 0. The minimum atomic E-state index is -0.0743. The Balaban J connectivity index is 1.03. The largest absolute Gasteiger partial charge is 0.421 e. The highest BCUT2D eigenvalue weighted by atomic mass is 15.2. The van der Waals surface area contributed by atoms with Crippen molar-refractivity contribution in [2.24, 2.45) is 0 Å². The zero-order chi connectivity index (χ0) is 34.2. The summed E-state index contributed by atoms with van der Waals surface area (Å²) in [5, 5.41) is 2.55. The lowest BCUT2D eigenvalue weighted by Gasteiger charge is -2.47. The average Bonchev–Trinajstić information content (AvgIpc) is 3.56. The van der Waals surface area contributed by atoms with Gasteiger partial charge >= 0.3 is 6.98 Å². The van der Waals surface area contributed by atoms with Crippen LogP contribution in [0.3, 0.4) is 0 Å². The molecule has 0 fully saturated rings. The molecule has 242 valence electrons. The van der Waals surface area contributed by atoms with E-state index < -0.39 is 0 Å². The van der Waals surface area contributed by atoms with Crippen molar-refractivity contribution in [3.8, 4) is 39.1 Å². The molecule has 0 unspecified atom stereocenters. The Bertz CT molecular complexity index is 2740. The van der Waals surface area contributed by atoms with Crippen molar-refractivity contribution in [1.82, 2.24) is 4.57 Å². The van der Waals surface area contributed by atoms with Crippen LogP contribution in [0.25, 0.3) is 60.9 Å². The molecule has 0 aliphatic carbocycles. The van der Waals surface area contributed by atoms with Gasteiger partial charge in [-0.25, -0.2) is 0 Å². The van der Waals surface area contributed by atoms with E-state index in [-0.39, 0.29) is 6.98 Å². The molecule has 0 spiro atoms. The molecule has 1 aromatic heterocycles. The van der Waals surface area contributed by atoms with Crippen molar-refractivity contribution in [1.29, 1.82) is 0 Å². The first-order valence-corrected chi connectivity index (χ1v) is 18.0. The lowest BCUT2D eigenvalue weighted by molar-refractivity contribution is 1.18. The van der Waals surface area contributed by atoms with Crippen molar-refractivity contribution < 1.29 is 0 Å². The Morgan fingerprint density at radius 3 is 1.29 bits per heavy atom. The van der Waals surface area contributed by atoms with Crippen molar-refractivity contribution in [2.75, 3.05) is 9.62 Å². The summed E-state index contributed by atoms with van der Waals surface area (Å²) in [4.78, 5) is 5.07. The maximum absolute atomic E-state index is 2.54. The van der Waals surface area contributed by atoms with E-state index in [1.165, 1.54) is 77.7 Å². The molecular formula is C48H32BN3. The number of anilines is 4. The fourth-order valence-electron chi connectivity index (χ4n) is 8.74. The van der Waals surface area contributed by atoms with E-state index in [4.69, 9.17) is 0 Å². The average molecular weight is 662 g/mol. The zero-order valence-corrected chi connectivity index (χ0v) is 28.4. The molecule has 3 heterocycles. The van der Waals surface area contributed by atoms with Gasteiger partial charge in [-0.3, -0.25) is 0 Å². The molecule has 3 nitrogen and oxygen atoms in total. The highest BCUT2D eigenvalue weighted by Crippen LogP contribution is 2.48. The molecule has 0 radical (unpaired) electrons. The number of aromatic nitrogens is 1. The number of benzene rings is 8. The monoisotopic (exact) mass is 661 g/mol. The van der Waals surface area contributed by atoms with E-state index in [1.54, 1.807) is 0 Å². The zero-order valence-electron chi connectivity index (χ0n) is 28.4. The molecule has 0 saturated heterocycles. The van der Waals surface area contributed by atoms with Gasteiger partial charge in [0.25, 0.3) is 0 Å². The Morgan fingerprint density at radius 1 is 0.308 bits per heavy atom. The summed E-state index contributed by atoms with van der Waals surface area (Å²) in [6.45, 7) is -0.0743. The van der Waals surface area contributed by atoms with Crippen LogP contribution in [0.1, 0.15) is 0 Å². The van der Waals surface area contributed by atoms with Gasteiger partial charge in [-0.05, 0) is 88.4 Å². The first kappa shape index (κ1) is 29.0. The number of hydrogen-bond acceptors (Lipinski definition) is 2. The Morgan fingerprint density at radius 2 is 0.731 bits per heavy atom. The third kappa shape index (κ3) is 4.21. The predicted octanol–water partition coefficient (Wildman–Crippen LogP) is 11.8. The van der Waals surface area contributed by atoms with Crippen molar-refractivity contribution in [3.63, 3.8) is 0 Å². The Labute approximate surface area is 303 Å². The molecule has 2 aliphatic heterocycles. The SMILES string of the molecule is c1ccc(N2B3c4c(cccc4-c4ccccc4N3c3ccc(-c4ccc(-n5c6ccccc6c6ccccc65)cc4)cc3)-c3ccccc32)cc1. The number of nitrogens with zero attached hydrogens (tertiary/aromatic N) is 3. The van der Waals surface area contributed by atoms with Gasteiger partial charge in [-0.15, -0.1) is 0 Å². The van der Waals surface area contributed by atoms with Crippen molar-refractivity contribution in [3.05, 3.63) is 194 Å². The van der Waals surface area contributed by atoms with E-state index >= 15 is 0 Å². The van der Waals surface area contributed by atoms with Gasteiger partial charge in [-0.2, -0.15) is 0 Å². The van der Waals surface area contributed by atoms with E-state index in [0.29, 0.717) is 0 Å². The van der Waals surface area contributed by atoms with Crippen LogP contribution in [0.4, 0.5) is 22.7 Å². The van der Waals surface area contributed by atoms with Crippen LogP contribution in [-0.4, -0.2) is 11.5 Å². The highest BCUT2D eigenvalue weighted by molar-refractivity contribution is 6.86. The topological polar surface area (TPSA) is 11.4 Å². The van der Waals surface area contributed by atoms with Gasteiger partial charge in [0, 0.05) is 50.3 Å². The van der Waals surface area contributed by atoms with Crippen molar-refractivity contribution in [2.45, 2.75) is 0 Å². The summed E-state index contributed by atoms with van der Waals surface area (Å²) >= 11 is 0. The second-order valence-corrected chi connectivity index (χ2v) is 13.7. The first-order valence-electron chi connectivity index (χ1n) is 18.0. The molecule has 0 atom stereocenters. The number of para-hydroxylation sites is 5. The fourth-order valence-corrected chi connectivity index (χ4v) is 8.74. The van der Waals surface area contributed by atoms with E-state index in [9.17, 15) is 0 Å². The van der Waals surface area contributed by atoms with Gasteiger partial charge in [0.1, 0.15) is 0 Å². The van der Waals surface area contributed by atoms with Gasteiger partial charge in [0.05, 0.1) is 11.0 Å². The van der Waals surface area contributed by atoms with Crippen molar-refractivity contribution >= 4 is 57.0 Å². The quantitative estimate of drug-likeness (QED) is 0.174. The standard InChI is InChI=1S/C48H32BN3/c1-2-13-36(14-3-1)51-46-23-10-6-17-40(46)42-19-12-20-43-41-18-7-11-24-47(41)52(49(51)48(42)43)37-31-27-34(28-32-37)33-25-29-35(30-26-33)50-44-21-8-4-15-38(44)39-16-5-9-22-45(39)50/h1-32H. The molecule has 11 rings (SSSR count). The molecule has 0 amide bonds. The molecule has 4 heteroatoms. The third-order valence-corrected chi connectivity index (χ3v) is 11.0. The Hall–Kier alpha value is -6.78. The number of rotatable bonds is 4. The van der Waals surface area contributed by atoms with Crippen LogP contribution in [0, 0.1) is 0 Å². The van der Waals surface area contributed by atoms with Crippen LogP contribution in [0.2, 0.25) is 0 Å². The highest BCUT2D eigenvalue weighted by Gasteiger charge is 2.46. The molecular weight excluding hydrogens is 629 g/mol. The second-order valence-electron chi connectivity index (χ2n) is 13.7. The lowest BCUT2D eigenvalue weighted by Crippen LogP contribution is -2.61. The summed E-state index contributed by atoms with van der Waals surface area (Å²) in [5.41, 5.74) is 17.2. The van der Waals surface area contributed by atoms with Crippen LogP contribution in [0.5, 0.6) is 0 Å². The summed E-state index contributed by atoms with van der Waals surface area (Å²) in [6, 6.07) is 70.9. The van der Waals surface area contributed by atoms with Gasteiger partial charge < -0.3 is 14.2 Å². The maximum atomic E-state index is 2.54. The molecule has 2 aliphatic rings. The molecule has 8 aromatic carbocycles. The first-order chi connectivity index (χ1) is 25.8. The van der Waals surface area contributed by atoms with Crippen LogP contribution >= 0.6 is 0 Å². The van der Waals surface area contributed by atoms with E-state index in [1.807, 2.05) is 0 Å². The summed E-state index contributed by atoms with van der Waals surface area (Å²) < 4.78 is 2.37. The molecule has 0 N–H and O–H groups in total. The van der Waals surface area contributed by atoms with Gasteiger partial charge in [0.15, 0.2) is 0 Å². The molecule has 9 aromatic rings. The molecule has 52 heavy (non-hydrogen) atoms. The molecule has 0 bridgehead atoms. The number of hydrogen-bond donors (Lipinski definition) is 0. The third-order valence-electron chi connectivity index (χ3n) is 11.0. The normalized spacial score (nSPS) is 12.9. The lowest BCUT2D eigenvalue weighted by atomic mass is 9.53. The van der Waals surface area contributed by atoms with Crippen LogP contribution < -0.4 is 15.1 Å². The van der Waals surface area contributed by atoms with E-state index in [2.05, 4.69) is 208 Å². The Kier molecular flexibility index (Phi) is 6.35. The fraction of sp³-hybridized carbons (Fsp3) is 0. The number of fused-ring (bicyclic) bond motifs is 7. The molecule has 0 saturated carbocycles. The summed E-state index contributed by atoms with van der Waals surface area (Å²) in [7, 11) is 0. The smallest absolute Gasteiger partial charge is 0.361 e. The van der Waals surface area contributed by atoms with Crippen LogP contribution in [-0.2, 0) is 0 Å². The predicted molar refractivity (Wildman–Crippen MR) is 220 cm³/mol. The van der Waals surface area contributed by atoms with Gasteiger partial charge in [-0.1, -0.05) is 133 Å². The summed E-state index contributed by atoms with van der Waals surface area (Å²) in [6.07, 6.45) is 0. The minimum absolute atomic E-state index is 0.0743. The van der Waals surface area contributed by atoms with Gasteiger partial charge in [0.2, 0.25) is 0 Å².